The molecule has 1 fully saturated rings. The Morgan fingerprint density at radius 1 is 1.06 bits per heavy atom. The monoisotopic (exact) mass is 516 g/mol. The minimum absolute atomic E-state index is 0.101. The molecule has 1 aliphatic heterocycles. The van der Waals surface area contributed by atoms with Crippen molar-refractivity contribution in [2.24, 2.45) is 0 Å². The minimum Gasteiger partial charge on any atom is -0.395 e. The highest BCUT2D eigenvalue weighted by molar-refractivity contribution is 8.26. The molecule has 2 N–H and O–H groups in total. The molecule has 0 radical (unpaired) electrons. The number of aromatic nitrogens is 2. The number of anilines is 1. The van der Waals surface area contributed by atoms with Crippen LogP contribution in [0.25, 0.3) is 11.7 Å². The zero-order chi connectivity index (χ0) is 25.0. The standard InChI is InChI=1S/C26H36N4O3S2/c1-2-3-4-5-6-7-8-9-10-12-17-30-25(33)21(35-26(30)34)19-20-23(27-15-18-31)28-22-14-11-13-16-29(22)24(20)32/h11,13-14,16,19,27,31H,2-10,12,15,17-18H2,1H3/b21-19+. The average molecular weight is 517 g/mol. The average Bonchev–Trinajstić information content (AvgIpc) is 3.13. The van der Waals surface area contributed by atoms with E-state index in [2.05, 4.69) is 17.2 Å². The summed E-state index contributed by atoms with van der Waals surface area (Å²) in [6, 6.07) is 5.30. The molecule has 9 heteroatoms. The van der Waals surface area contributed by atoms with E-state index in [0.29, 0.717) is 27.2 Å². The number of hydrogen-bond acceptors (Lipinski definition) is 7. The van der Waals surface area contributed by atoms with E-state index in [0.717, 1.165) is 12.8 Å². The normalized spacial score (nSPS) is 15.0. The molecule has 1 aliphatic rings. The van der Waals surface area contributed by atoms with E-state index in [-0.39, 0.29) is 30.2 Å². The number of amides is 1. The number of aliphatic hydroxyl groups is 1. The Hall–Kier alpha value is -2.23. The number of aliphatic hydroxyl groups excluding tert-OH is 1. The van der Waals surface area contributed by atoms with Gasteiger partial charge in [-0.15, -0.1) is 0 Å². The van der Waals surface area contributed by atoms with Gasteiger partial charge in [-0.05, 0) is 24.6 Å². The Kier molecular flexibility index (Phi) is 11.2. The zero-order valence-corrected chi connectivity index (χ0v) is 22.1. The fraction of sp³-hybridized carbons (Fsp3) is 0.538. The molecular formula is C26H36N4O3S2. The summed E-state index contributed by atoms with van der Waals surface area (Å²) in [6.07, 6.45) is 15.5. The van der Waals surface area contributed by atoms with Crippen LogP contribution in [0.3, 0.4) is 0 Å². The molecule has 35 heavy (non-hydrogen) atoms. The molecule has 0 atom stereocenters. The van der Waals surface area contributed by atoms with Crippen LogP contribution < -0.4 is 10.9 Å². The summed E-state index contributed by atoms with van der Waals surface area (Å²) < 4.78 is 1.97. The number of unbranched alkanes of at least 4 members (excludes halogenated alkanes) is 9. The van der Waals surface area contributed by atoms with E-state index >= 15 is 0 Å². The maximum absolute atomic E-state index is 13.1. The molecule has 3 rings (SSSR count). The number of rotatable bonds is 15. The number of hydrogen-bond donors (Lipinski definition) is 2. The molecule has 7 nitrogen and oxygen atoms in total. The van der Waals surface area contributed by atoms with Crippen LogP contribution in [-0.2, 0) is 4.79 Å². The molecule has 0 bridgehead atoms. The second-order valence-corrected chi connectivity index (χ2v) is 10.4. The van der Waals surface area contributed by atoms with E-state index in [9.17, 15) is 14.7 Å². The van der Waals surface area contributed by atoms with Gasteiger partial charge in [0.2, 0.25) is 0 Å². The Balaban J connectivity index is 1.60. The van der Waals surface area contributed by atoms with Crippen molar-refractivity contribution in [3.8, 4) is 0 Å². The lowest BCUT2D eigenvalue weighted by molar-refractivity contribution is -0.122. The number of nitrogens with zero attached hydrogens (tertiary/aromatic N) is 3. The van der Waals surface area contributed by atoms with Crippen molar-refractivity contribution in [3.05, 3.63) is 45.2 Å². The third-order valence-electron chi connectivity index (χ3n) is 6.06. The molecule has 2 aromatic rings. The molecule has 0 spiro atoms. The fourth-order valence-corrected chi connectivity index (χ4v) is 5.41. The SMILES string of the molecule is CCCCCCCCCCCCN1C(=O)/C(=C\c2c(NCCO)nc3ccccn3c2=O)SC1=S. The van der Waals surface area contributed by atoms with Crippen molar-refractivity contribution >= 4 is 51.7 Å². The molecule has 190 valence electrons. The number of thiocarbonyl (C=S) groups is 1. The van der Waals surface area contributed by atoms with Gasteiger partial charge in [-0.1, -0.05) is 94.8 Å². The third-order valence-corrected chi connectivity index (χ3v) is 7.44. The van der Waals surface area contributed by atoms with Crippen LogP contribution >= 0.6 is 24.0 Å². The predicted molar refractivity (Wildman–Crippen MR) is 149 cm³/mol. The van der Waals surface area contributed by atoms with Gasteiger partial charge in [0.15, 0.2) is 0 Å². The zero-order valence-electron chi connectivity index (χ0n) is 20.5. The van der Waals surface area contributed by atoms with Crippen molar-refractivity contribution in [1.82, 2.24) is 14.3 Å². The molecular weight excluding hydrogens is 480 g/mol. The lowest BCUT2D eigenvalue weighted by Crippen LogP contribution is -2.29. The summed E-state index contributed by atoms with van der Waals surface area (Å²) >= 11 is 6.69. The Labute approximate surface area is 217 Å². The van der Waals surface area contributed by atoms with Crippen LogP contribution in [0.5, 0.6) is 0 Å². The van der Waals surface area contributed by atoms with E-state index in [1.54, 1.807) is 35.4 Å². The summed E-state index contributed by atoms with van der Waals surface area (Å²) in [6.45, 7) is 2.98. The summed E-state index contributed by atoms with van der Waals surface area (Å²) in [4.78, 5) is 32.8. The number of carbonyl (C=O) groups is 1. The van der Waals surface area contributed by atoms with Crippen LogP contribution in [0.2, 0.25) is 0 Å². The minimum atomic E-state index is -0.281. The predicted octanol–water partition coefficient (Wildman–Crippen LogP) is 5.22. The van der Waals surface area contributed by atoms with Gasteiger partial charge in [0.05, 0.1) is 17.1 Å². The summed E-state index contributed by atoms with van der Waals surface area (Å²) in [7, 11) is 0. The van der Waals surface area contributed by atoms with Crippen molar-refractivity contribution in [2.75, 3.05) is 25.0 Å². The van der Waals surface area contributed by atoms with Gasteiger partial charge in [-0.25, -0.2) is 4.98 Å². The van der Waals surface area contributed by atoms with Gasteiger partial charge in [-0.2, -0.15) is 0 Å². The first-order valence-electron chi connectivity index (χ1n) is 12.7. The van der Waals surface area contributed by atoms with Crippen molar-refractivity contribution in [2.45, 2.75) is 71.1 Å². The van der Waals surface area contributed by atoms with E-state index in [1.165, 1.54) is 67.5 Å². The highest BCUT2D eigenvalue weighted by atomic mass is 32.2. The molecule has 0 saturated carbocycles. The number of nitrogens with one attached hydrogen (secondary N) is 1. The number of fused-ring (bicyclic) bond motifs is 1. The molecule has 1 saturated heterocycles. The van der Waals surface area contributed by atoms with Crippen molar-refractivity contribution in [3.63, 3.8) is 0 Å². The number of pyridine rings is 1. The Bertz CT molecular complexity index is 1100. The van der Waals surface area contributed by atoms with Gasteiger partial charge >= 0.3 is 0 Å². The first-order chi connectivity index (χ1) is 17.1. The van der Waals surface area contributed by atoms with Crippen LogP contribution in [0.15, 0.2) is 34.1 Å². The molecule has 0 aromatic carbocycles. The topological polar surface area (TPSA) is 86.9 Å². The molecule has 0 aliphatic carbocycles. The second-order valence-electron chi connectivity index (χ2n) is 8.77. The lowest BCUT2D eigenvalue weighted by atomic mass is 10.1. The highest BCUT2D eigenvalue weighted by Gasteiger charge is 2.32. The van der Waals surface area contributed by atoms with Gasteiger partial charge in [0.1, 0.15) is 15.8 Å². The summed E-state index contributed by atoms with van der Waals surface area (Å²) in [5.74, 6) is 0.178. The summed E-state index contributed by atoms with van der Waals surface area (Å²) in [5, 5.41) is 12.2. The molecule has 1 amide bonds. The first kappa shape index (κ1) is 27.4. The van der Waals surface area contributed by atoms with Crippen LogP contribution in [-0.4, -0.2) is 49.3 Å². The molecule has 3 heterocycles. The largest absolute Gasteiger partial charge is 0.395 e. The first-order valence-corrected chi connectivity index (χ1v) is 13.9. The Morgan fingerprint density at radius 3 is 2.43 bits per heavy atom. The van der Waals surface area contributed by atoms with Gasteiger partial charge in [0, 0.05) is 19.3 Å². The van der Waals surface area contributed by atoms with E-state index in [1.807, 2.05) is 0 Å². The third kappa shape index (κ3) is 7.62. The smallest absolute Gasteiger partial charge is 0.267 e. The quantitative estimate of drug-likeness (QED) is 0.191. The maximum atomic E-state index is 13.1. The van der Waals surface area contributed by atoms with Crippen LogP contribution in [0, 0.1) is 0 Å². The van der Waals surface area contributed by atoms with E-state index < -0.39 is 0 Å². The fourth-order valence-electron chi connectivity index (χ4n) is 4.12. The van der Waals surface area contributed by atoms with Crippen molar-refractivity contribution < 1.29 is 9.90 Å². The van der Waals surface area contributed by atoms with Crippen molar-refractivity contribution in [1.29, 1.82) is 0 Å². The highest BCUT2D eigenvalue weighted by Crippen LogP contribution is 2.33. The van der Waals surface area contributed by atoms with Gasteiger partial charge in [0.25, 0.3) is 11.5 Å². The molecule has 0 unspecified atom stereocenters. The number of thioether (sulfide) groups is 1. The maximum Gasteiger partial charge on any atom is 0.267 e. The van der Waals surface area contributed by atoms with E-state index in [4.69, 9.17) is 12.2 Å². The second kappa shape index (κ2) is 14.4. The van der Waals surface area contributed by atoms with Crippen LogP contribution in [0.1, 0.15) is 76.7 Å². The van der Waals surface area contributed by atoms with Crippen LogP contribution in [0.4, 0.5) is 5.82 Å². The van der Waals surface area contributed by atoms with Gasteiger partial charge < -0.3 is 10.4 Å². The molecule has 2 aromatic heterocycles. The summed E-state index contributed by atoms with van der Waals surface area (Å²) in [5.41, 5.74) is 0.487. The lowest BCUT2D eigenvalue weighted by Gasteiger charge is -2.14. The Morgan fingerprint density at radius 2 is 1.74 bits per heavy atom. The number of carbonyl (C=O) groups excluding carboxylic acids is 1. The van der Waals surface area contributed by atoms with Gasteiger partial charge in [-0.3, -0.25) is 18.9 Å².